The summed E-state index contributed by atoms with van der Waals surface area (Å²) in [6.45, 7) is 0.836. The summed E-state index contributed by atoms with van der Waals surface area (Å²) in [4.78, 5) is 14.4. The summed E-state index contributed by atoms with van der Waals surface area (Å²) in [5.74, 6) is -0.485. The minimum Gasteiger partial charge on any atom is -0.464 e. The predicted molar refractivity (Wildman–Crippen MR) is 61.1 cm³/mol. The molecule has 2 rings (SSSR count). The average molecular weight is 232 g/mol. The minimum atomic E-state index is -0.857. The molecule has 6 nitrogen and oxygen atoms in total. The van der Waals surface area contributed by atoms with Gasteiger partial charge in [-0.3, -0.25) is 4.79 Å². The maximum Gasteiger partial charge on any atom is 0.316 e. The molecule has 2 atom stereocenters. The van der Waals surface area contributed by atoms with E-state index in [4.69, 9.17) is 10.3 Å². The lowest BCUT2D eigenvalue weighted by Crippen LogP contribution is -2.33. The van der Waals surface area contributed by atoms with Crippen LogP contribution in [-0.4, -0.2) is 25.2 Å². The number of cyclic esters (lactones) is 1. The predicted octanol–water partition coefficient (Wildman–Crippen LogP) is 1.55. The van der Waals surface area contributed by atoms with Crippen LogP contribution in [0.4, 0.5) is 0 Å². The molecular formula is C11H12N4O2. The Morgan fingerprint density at radius 3 is 2.88 bits per heavy atom. The molecule has 17 heavy (non-hydrogen) atoms. The Labute approximate surface area is 98.2 Å². The van der Waals surface area contributed by atoms with Crippen LogP contribution in [-0.2, 0) is 9.53 Å². The van der Waals surface area contributed by atoms with Crippen molar-refractivity contribution in [2.75, 3.05) is 13.2 Å². The molecule has 0 radical (unpaired) electrons. The molecular weight excluding hydrogens is 220 g/mol. The Kier molecular flexibility index (Phi) is 3.59. The van der Waals surface area contributed by atoms with Crippen molar-refractivity contribution in [3.8, 4) is 0 Å². The van der Waals surface area contributed by atoms with Crippen molar-refractivity contribution in [3.05, 3.63) is 46.3 Å². The molecule has 1 N–H and O–H groups in total. The molecule has 0 aliphatic carbocycles. The lowest BCUT2D eigenvalue weighted by Gasteiger charge is -2.19. The van der Waals surface area contributed by atoms with E-state index in [9.17, 15) is 4.79 Å². The monoisotopic (exact) mass is 232 g/mol. The summed E-state index contributed by atoms with van der Waals surface area (Å²) in [6, 6.07) is 8.22. The van der Waals surface area contributed by atoms with Crippen molar-refractivity contribution in [3.63, 3.8) is 0 Å². The number of carbonyl (C=O) groups is 1. The van der Waals surface area contributed by atoms with Gasteiger partial charge in [0.25, 0.3) is 0 Å². The van der Waals surface area contributed by atoms with Crippen molar-refractivity contribution >= 4 is 5.97 Å². The first kappa shape index (κ1) is 11.4. The molecule has 0 unspecified atom stereocenters. The molecule has 1 heterocycles. The second-order valence-corrected chi connectivity index (χ2v) is 3.66. The number of ether oxygens (including phenoxy) is 1. The van der Waals surface area contributed by atoms with E-state index >= 15 is 0 Å². The molecule has 0 bridgehead atoms. The quantitative estimate of drug-likeness (QED) is 0.363. The Bertz CT molecular complexity index is 442. The van der Waals surface area contributed by atoms with E-state index < -0.39 is 12.0 Å². The standard InChI is InChI=1S/C11H12N4O2/c12-15-14-10-9(8-4-2-1-3-5-8)13-6-7-17-11(10)16/h1-5,9-10,13H,6-7H2/t9-,10+/m0/s1. The second kappa shape index (κ2) is 5.34. The fourth-order valence-corrected chi connectivity index (χ4v) is 1.83. The molecule has 6 heteroatoms. The van der Waals surface area contributed by atoms with Crippen molar-refractivity contribution in [1.82, 2.24) is 5.32 Å². The Hall–Kier alpha value is -2.04. The maximum absolute atomic E-state index is 11.7. The SMILES string of the molecule is [N-]=[N+]=N[C@H]1C(=O)OCCN[C@H]1c1ccccc1. The molecule has 1 aliphatic rings. The molecule has 88 valence electrons. The molecule has 0 aromatic heterocycles. The first-order valence-corrected chi connectivity index (χ1v) is 5.32. The third kappa shape index (κ3) is 2.55. The summed E-state index contributed by atoms with van der Waals surface area (Å²) in [5.41, 5.74) is 9.42. The van der Waals surface area contributed by atoms with Crippen LogP contribution >= 0.6 is 0 Å². The van der Waals surface area contributed by atoms with E-state index in [-0.39, 0.29) is 6.04 Å². The fourth-order valence-electron chi connectivity index (χ4n) is 1.83. The van der Waals surface area contributed by atoms with Gasteiger partial charge in [-0.05, 0) is 11.1 Å². The summed E-state index contributed by atoms with van der Waals surface area (Å²) >= 11 is 0. The molecule has 0 saturated carbocycles. The van der Waals surface area contributed by atoms with Gasteiger partial charge in [-0.2, -0.15) is 0 Å². The largest absolute Gasteiger partial charge is 0.464 e. The highest BCUT2D eigenvalue weighted by molar-refractivity contribution is 5.77. The van der Waals surface area contributed by atoms with Crippen LogP contribution in [0.1, 0.15) is 11.6 Å². The van der Waals surface area contributed by atoms with E-state index in [0.717, 1.165) is 5.56 Å². The number of esters is 1. The zero-order valence-corrected chi connectivity index (χ0v) is 9.11. The van der Waals surface area contributed by atoms with Crippen LogP contribution in [0.15, 0.2) is 35.4 Å². The van der Waals surface area contributed by atoms with Gasteiger partial charge in [0.05, 0.1) is 6.04 Å². The number of benzene rings is 1. The summed E-state index contributed by atoms with van der Waals surface area (Å²) in [7, 11) is 0. The number of hydrogen-bond acceptors (Lipinski definition) is 4. The highest BCUT2D eigenvalue weighted by Crippen LogP contribution is 2.22. The third-order valence-corrected chi connectivity index (χ3v) is 2.60. The van der Waals surface area contributed by atoms with E-state index in [2.05, 4.69) is 15.3 Å². The highest BCUT2D eigenvalue weighted by atomic mass is 16.5. The zero-order valence-electron chi connectivity index (χ0n) is 9.11. The molecule has 1 saturated heterocycles. The average Bonchev–Trinajstić information content (AvgIpc) is 2.54. The molecule has 0 amide bonds. The lowest BCUT2D eigenvalue weighted by molar-refractivity contribution is -0.144. The van der Waals surface area contributed by atoms with Crippen LogP contribution in [0, 0.1) is 0 Å². The molecule has 1 aromatic rings. The molecule has 1 aromatic carbocycles. The highest BCUT2D eigenvalue weighted by Gasteiger charge is 2.31. The smallest absolute Gasteiger partial charge is 0.316 e. The number of nitrogens with zero attached hydrogens (tertiary/aromatic N) is 3. The van der Waals surface area contributed by atoms with E-state index in [1.165, 1.54) is 0 Å². The van der Waals surface area contributed by atoms with Crippen molar-refractivity contribution in [1.29, 1.82) is 0 Å². The van der Waals surface area contributed by atoms with Gasteiger partial charge in [0, 0.05) is 11.5 Å². The van der Waals surface area contributed by atoms with Crippen LogP contribution in [0.5, 0.6) is 0 Å². The van der Waals surface area contributed by atoms with Gasteiger partial charge in [-0.1, -0.05) is 35.4 Å². The van der Waals surface area contributed by atoms with Gasteiger partial charge < -0.3 is 10.1 Å². The topological polar surface area (TPSA) is 87.1 Å². The molecule has 1 aliphatic heterocycles. The van der Waals surface area contributed by atoms with Crippen molar-refractivity contribution in [2.45, 2.75) is 12.1 Å². The Balaban J connectivity index is 2.33. The van der Waals surface area contributed by atoms with Gasteiger partial charge in [-0.15, -0.1) is 0 Å². The van der Waals surface area contributed by atoms with Crippen LogP contribution < -0.4 is 5.32 Å². The first-order valence-electron chi connectivity index (χ1n) is 5.32. The summed E-state index contributed by atoms with van der Waals surface area (Å²) in [6.07, 6.45) is 0. The lowest BCUT2D eigenvalue weighted by atomic mass is 10.0. The van der Waals surface area contributed by atoms with Gasteiger partial charge in [-0.25, -0.2) is 0 Å². The van der Waals surface area contributed by atoms with E-state index in [0.29, 0.717) is 13.2 Å². The number of azide groups is 1. The van der Waals surface area contributed by atoms with Gasteiger partial charge >= 0.3 is 5.97 Å². The van der Waals surface area contributed by atoms with Crippen LogP contribution in [0.3, 0.4) is 0 Å². The number of nitrogens with one attached hydrogen (secondary N) is 1. The normalized spacial score (nSPS) is 24.4. The van der Waals surface area contributed by atoms with Crippen LogP contribution in [0.25, 0.3) is 10.4 Å². The van der Waals surface area contributed by atoms with E-state index in [1.807, 2.05) is 30.3 Å². The minimum absolute atomic E-state index is 0.291. The van der Waals surface area contributed by atoms with Gasteiger partial charge in [0.1, 0.15) is 6.61 Å². The second-order valence-electron chi connectivity index (χ2n) is 3.66. The number of carbonyl (C=O) groups excluding carboxylic acids is 1. The maximum atomic E-state index is 11.7. The number of hydrogen-bond donors (Lipinski definition) is 1. The molecule has 0 spiro atoms. The Morgan fingerprint density at radius 2 is 2.18 bits per heavy atom. The summed E-state index contributed by atoms with van der Waals surface area (Å²) < 4.78 is 4.95. The Morgan fingerprint density at radius 1 is 1.41 bits per heavy atom. The van der Waals surface area contributed by atoms with Crippen LogP contribution in [0.2, 0.25) is 0 Å². The molecule has 1 fully saturated rings. The van der Waals surface area contributed by atoms with E-state index in [1.54, 1.807) is 0 Å². The zero-order chi connectivity index (χ0) is 12.1. The third-order valence-electron chi connectivity index (χ3n) is 2.60. The van der Waals surface area contributed by atoms with Gasteiger partial charge in [0.15, 0.2) is 6.04 Å². The summed E-state index contributed by atoms with van der Waals surface area (Å²) in [5, 5.41) is 6.68. The van der Waals surface area contributed by atoms with Crippen molar-refractivity contribution < 1.29 is 9.53 Å². The fraction of sp³-hybridized carbons (Fsp3) is 0.364. The van der Waals surface area contributed by atoms with Crippen molar-refractivity contribution in [2.24, 2.45) is 5.11 Å². The first-order chi connectivity index (χ1) is 8.33. The number of rotatable bonds is 2. The van der Waals surface area contributed by atoms with Gasteiger partial charge in [0.2, 0.25) is 0 Å².